The van der Waals surface area contributed by atoms with Crippen LogP contribution in [-0.2, 0) is 4.79 Å². The van der Waals surface area contributed by atoms with Gasteiger partial charge in [-0.3, -0.25) is 14.2 Å². The smallest absolute Gasteiger partial charge is 0.324 e. The van der Waals surface area contributed by atoms with Crippen molar-refractivity contribution in [2.24, 2.45) is 0 Å². The van der Waals surface area contributed by atoms with E-state index in [0.29, 0.717) is 23.0 Å². The van der Waals surface area contributed by atoms with Crippen LogP contribution >= 0.6 is 11.6 Å². The van der Waals surface area contributed by atoms with Gasteiger partial charge in [-0.2, -0.15) is 0 Å². The Hall–Kier alpha value is -3.64. The zero-order chi connectivity index (χ0) is 22.8. The zero-order valence-electron chi connectivity index (χ0n) is 17.7. The van der Waals surface area contributed by atoms with Crippen molar-refractivity contribution in [1.29, 1.82) is 0 Å². The van der Waals surface area contributed by atoms with Gasteiger partial charge in [-0.05, 0) is 55.3 Å². The highest BCUT2D eigenvalue weighted by Crippen LogP contribution is 2.22. The molecule has 7 heteroatoms. The Morgan fingerprint density at radius 1 is 1.00 bits per heavy atom. The summed E-state index contributed by atoms with van der Waals surface area (Å²) in [7, 11) is 0. The second-order valence-corrected chi connectivity index (χ2v) is 7.95. The molecule has 1 amide bonds. The molecule has 4 rings (SSSR count). The first-order chi connectivity index (χ1) is 15.4. The van der Waals surface area contributed by atoms with E-state index in [9.17, 15) is 14.4 Å². The summed E-state index contributed by atoms with van der Waals surface area (Å²) in [4.78, 5) is 40.2. The van der Waals surface area contributed by atoms with Crippen LogP contribution < -0.4 is 16.6 Å². The molecule has 1 heterocycles. The molecule has 0 radical (unpaired) electrons. The lowest BCUT2D eigenvalue weighted by molar-refractivity contribution is -0.119. The molecule has 1 aromatic heterocycles. The quantitative estimate of drug-likeness (QED) is 0.481. The molecule has 3 aromatic carbocycles. The summed E-state index contributed by atoms with van der Waals surface area (Å²) in [6, 6.07) is 20.0. The predicted molar refractivity (Wildman–Crippen MR) is 128 cm³/mol. The molecule has 0 spiro atoms. The first-order valence-electron chi connectivity index (χ1n) is 10.3. The Labute approximate surface area is 189 Å². The Balaban J connectivity index is 1.95. The summed E-state index contributed by atoms with van der Waals surface area (Å²) in [6.45, 7) is 3.76. The Kier molecular flexibility index (Phi) is 5.97. The van der Waals surface area contributed by atoms with Gasteiger partial charge in [0.1, 0.15) is 6.04 Å². The average Bonchev–Trinajstić information content (AvgIpc) is 2.78. The molecule has 0 aliphatic heterocycles. The highest BCUT2D eigenvalue weighted by atomic mass is 35.5. The van der Waals surface area contributed by atoms with E-state index in [4.69, 9.17) is 11.6 Å². The third-order valence-electron chi connectivity index (χ3n) is 5.37. The van der Waals surface area contributed by atoms with E-state index in [1.54, 1.807) is 54.6 Å². The van der Waals surface area contributed by atoms with Gasteiger partial charge < -0.3 is 5.32 Å². The maximum atomic E-state index is 13.7. The number of rotatable bonds is 5. The molecule has 0 aliphatic carbocycles. The standard InChI is InChI=1S/C25H22ClN3O3/c1-3-20(23(30)27-17-10-8-9-16(2)15-17)28-21-13-6-4-11-18(21)24(31)29(25(28)32)22-14-7-5-12-19(22)26/h4-15,20H,3H2,1-2H3,(H,27,30). The van der Waals surface area contributed by atoms with Gasteiger partial charge in [-0.25, -0.2) is 9.36 Å². The molecular weight excluding hydrogens is 426 g/mol. The maximum absolute atomic E-state index is 13.7. The van der Waals surface area contributed by atoms with Crippen LogP contribution in [0.15, 0.2) is 82.4 Å². The number of hydrogen-bond donors (Lipinski definition) is 1. The third kappa shape index (κ3) is 3.85. The Bertz CT molecular complexity index is 1440. The summed E-state index contributed by atoms with van der Waals surface area (Å²) in [5.41, 5.74) is 1.22. The third-order valence-corrected chi connectivity index (χ3v) is 5.69. The van der Waals surface area contributed by atoms with Crippen molar-refractivity contribution in [2.45, 2.75) is 26.3 Å². The number of carbonyl (C=O) groups is 1. The second-order valence-electron chi connectivity index (χ2n) is 7.54. The molecule has 6 nitrogen and oxygen atoms in total. The number of nitrogens with one attached hydrogen (secondary N) is 1. The molecule has 0 saturated carbocycles. The highest BCUT2D eigenvalue weighted by molar-refractivity contribution is 6.32. The lowest BCUT2D eigenvalue weighted by Gasteiger charge is -2.22. The number of carbonyl (C=O) groups excluding carboxylic acids is 1. The van der Waals surface area contributed by atoms with Crippen LogP contribution in [0, 0.1) is 6.92 Å². The summed E-state index contributed by atoms with van der Waals surface area (Å²) >= 11 is 6.32. The van der Waals surface area contributed by atoms with Crippen LogP contribution in [0.5, 0.6) is 0 Å². The number of nitrogens with zero attached hydrogens (tertiary/aromatic N) is 2. The second kappa shape index (κ2) is 8.85. The van der Waals surface area contributed by atoms with Crippen LogP contribution in [0.4, 0.5) is 5.69 Å². The molecule has 1 unspecified atom stereocenters. The van der Waals surface area contributed by atoms with Crippen LogP contribution in [0.25, 0.3) is 16.6 Å². The number of fused-ring (bicyclic) bond motifs is 1. The van der Waals surface area contributed by atoms with E-state index in [2.05, 4.69) is 5.32 Å². The monoisotopic (exact) mass is 447 g/mol. The van der Waals surface area contributed by atoms with Gasteiger partial charge in [-0.15, -0.1) is 0 Å². The number of hydrogen-bond acceptors (Lipinski definition) is 3. The Morgan fingerprint density at radius 3 is 2.44 bits per heavy atom. The predicted octanol–water partition coefficient (Wildman–Crippen LogP) is 4.70. The van der Waals surface area contributed by atoms with Crippen LogP contribution in [-0.4, -0.2) is 15.0 Å². The summed E-state index contributed by atoms with van der Waals surface area (Å²) in [5, 5.41) is 3.49. The maximum Gasteiger partial charge on any atom is 0.336 e. The minimum absolute atomic E-state index is 0.269. The topological polar surface area (TPSA) is 73.1 Å². The van der Waals surface area contributed by atoms with Gasteiger partial charge in [0.25, 0.3) is 5.56 Å². The van der Waals surface area contributed by atoms with Gasteiger partial charge in [0.05, 0.1) is 21.6 Å². The first kappa shape index (κ1) is 21.6. The van der Waals surface area contributed by atoms with E-state index in [1.165, 1.54) is 4.57 Å². The minimum atomic E-state index is -0.831. The largest absolute Gasteiger partial charge is 0.336 e. The Morgan fingerprint density at radius 2 is 1.72 bits per heavy atom. The van der Waals surface area contributed by atoms with Crippen molar-refractivity contribution in [3.05, 3.63) is 104 Å². The van der Waals surface area contributed by atoms with Crippen LogP contribution in [0.1, 0.15) is 24.9 Å². The SMILES string of the molecule is CCC(C(=O)Nc1cccc(C)c1)n1c(=O)n(-c2ccccc2Cl)c(=O)c2ccccc21. The average molecular weight is 448 g/mol. The van der Waals surface area contributed by atoms with Gasteiger partial charge in [-0.1, -0.05) is 54.9 Å². The van der Waals surface area contributed by atoms with Crippen LogP contribution in [0.2, 0.25) is 5.02 Å². The fourth-order valence-electron chi connectivity index (χ4n) is 3.86. The molecule has 1 atom stereocenters. The highest BCUT2D eigenvalue weighted by Gasteiger charge is 2.25. The van der Waals surface area contributed by atoms with E-state index in [-0.39, 0.29) is 16.6 Å². The van der Waals surface area contributed by atoms with E-state index < -0.39 is 17.3 Å². The molecule has 162 valence electrons. The fourth-order valence-corrected chi connectivity index (χ4v) is 4.08. The number of aryl methyl sites for hydroxylation is 1. The number of aromatic nitrogens is 2. The normalized spacial score (nSPS) is 12.0. The van der Waals surface area contributed by atoms with Gasteiger partial charge in [0.2, 0.25) is 5.91 Å². The van der Waals surface area contributed by atoms with E-state index in [0.717, 1.165) is 10.1 Å². The molecular formula is C25H22ClN3O3. The molecule has 32 heavy (non-hydrogen) atoms. The number of amides is 1. The summed E-state index contributed by atoms with van der Waals surface area (Å²) < 4.78 is 2.42. The molecule has 0 bridgehead atoms. The van der Waals surface area contributed by atoms with E-state index >= 15 is 0 Å². The number of anilines is 1. The van der Waals surface area contributed by atoms with Crippen molar-refractivity contribution in [3.8, 4) is 5.69 Å². The lowest BCUT2D eigenvalue weighted by atomic mass is 10.1. The minimum Gasteiger partial charge on any atom is -0.324 e. The lowest BCUT2D eigenvalue weighted by Crippen LogP contribution is -2.43. The zero-order valence-corrected chi connectivity index (χ0v) is 18.5. The van der Waals surface area contributed by atoms with Crippen molar-refractivity contribution in [3.63, 3.8) is 0 Å². The number of halogens is 1. The molecule has 4 aromatic rings. The molecule has 0 aliphatic rings. The van der Waals surface area contributed by atoms with Crippen molar-refractivity contribution in [1.82, 2.24) is 9.13 Å². The number of benzene rings is 3. The number of para-hydroxylation sites is 2. The van der Waals surface area contributed by atoms with Gasteiger partial charge >= 0.3 is 5.69 Å². The summed E-state index contributed by atoms with van der Waals surface area (Å²) in [6.07, 6.45) is 0.349. The fraction of sp³-hybridized carbons (Fsp3) is 0.160. The van der Waals surface area contributed by atoms with Gasteiger partial charge in [0, 0.05) is 5.69 Å². The molecule has 1 N–H and O–H groups in total. The van der Waals surface area contributed by atoms with Crippen LogP contribution in [0.3, 0.4) is 0 Å². The van der Waals surface area contributed by atoms with Gasteiger partial charge in [0.15, 0.2) is 0 Å². The molecule has 0 saturated heterocycles. The van der Waals surface area contributed by atoms with Crippen molar-refractivity contribution in [2.75, 3.05) is 5.32 Å². The first-order valence-corrected chi connectivity index (χ1v) is 10.7. The molecule has 0 fully saturated rings. The van der Waals surface area contributed by atoms with Crippen molar-refractivity contribution < 1.29 is 4.79 Å². The summed E-state index contributed by atoms with van der Waals surface area (Å²) in [5.74, 6) is -0.338. The van der Waals surface area contributed by atoms with E-state index in [1.807, 2.05) is 32.0 Å². The van der Waals surface area contributed by atoms with Crippen molar-refractivity contribution >= 4 is 34.1 Å².